The predicted molar refractivity (Wildman–Crippen MR) is 59.5 cm³/mol. The average molecular weight is 214 g/mol. The second kappa shape index (κ2) is 5.10. The summed E-state index contributed by atoms with van der Waals surface area (Å²) in [6.07, 6.45) is 3.22. The van der Waals surface area contributed by atoms with E-state index in [1.54, 1.807) is 7.11 Å². The third kappa shape index (κ3) is 3.30. The normalized spacial score (nSPS) is 26.9. The highest BCUT2D eigenvalue weighted by atomic mass is 16.7. The van der Waals surface area contributed by atoms with E-state index in [4.69, 9.17) is 9.47 Å². The molecule has 15 heavy (non-hydrogen) atoms. The molecule has 0 aliphatic heterocycles. The van der Waals surface area contributed by atoms with Gasteiger partial charge in [-0.05, 0) is 31.8 Å². The van der Waals surface area contributed by atoms with Gasteiger partial charge in [-0.25, -0.2) is 0 Å². The lowest BCUT2D eigenvalue weighted by Crippen LogP contribution is -2.29. The first-order valence-corrected chi connectivity index (χ1v) is 5.49. The first-order chi connectivity index (χ1) is 7.00. The Labute approximate surface area is 92.1 Å². The number of hydrogen-bond donors (Lipinski definition) is 1. The first-order valence-electron chi connectivity index (χ1n) is 5.49. The van der Waals surface area contributed by atoms with Crippen LogP contribution in [0.15, 0.2) is 11.6 Å². The van der Waals surface area contributed by atoms with E-state index in [1.807, 2.05) is 13.8 Å². The summed E-state index contributed by atoms with van der Waals surface area (Å²) in [6.45, 7) is 6.70. The molecule has 3 heteroatoms. The van der Waals surface area contributed by atoms with Gasteiger partial charge in [-0.1, -0.05) is 13.0 Å². The van der Waals surface area contributed by atoms with E-state index >= 15 is 0 Å². The Hall–Kier alpha value is -0.380. The third-order valence-electron chi connectivity index (χ3n) is 3.19. The highest BCUT2D eigenvalue weighted by Crippen LogP contribution is 2.31. The lowest BCUT2D eigenvalue weighted by molar-refractivity contribution is -0.192. The number of ether oxygens (including phenoxy) is 2. The second-order valence-electron chi connectivity index (χ2n) is 4.67. The van der Waals surface area contributed by atoms with Crippen LogP contribution in [-0.2, 0) is 9.47 Å². The Balaban J connectivity index is 2.46. The minimum Gasteiger partial charge on any atom is -0.396 e. The Morgan fingerprint density at radius 1 is 1.53 bits per heavy atom. The lowest BCUT2D eigenvalue weighted by Gasteiger charge is -2.25. The molecule has 3 nitrogen and oxygen atoms in total. The standard InChI is InChI=1S/C12H22O3/c1-9-5-6-10(11(9)7-13)8-15-12(2,3)14-4/h6,9,11,13H,5,7-8H2,1-4H3/t9-,11+/m0/s1. The summed E-state index contributed by atoms with van der Waals surface area (Å²) in [6, 6.07) is 0. The van der Waals surface area contributed by atoms with E-state index in [0.717, 1.165) is 6.42 Å². The van der Waals surface area contributed by atoms with Gasteiger partial charge in [0, 0.05) is 19.6 Å². The van der Waals surface area contributed by atoms with Crippen molar-refractivity contribution in [2.45, 2.75) is 33.0 Å². The zero-order valence-corrected chi connectivity index (χ0v) is 10.1. The number of rotatable bonds is 5. The molecule has 1 aliphatic carbocycles. The Morgan fingerprint density at radius 3 is 2.73 bits per heavy atom. The van der Waals surface area contributed by atoms with E-state index in [9.17, 15) is 5.11 Å². The largest absolute Gasteiger partial charge is 0.396 e. The van der Waals surface area contributed by atoms with Crippen LogP contribution in [0.4, 0.5) is 0 Å². The Kier molecular flexibility index (Phi) is 4.32. The SMILES string of the molecule is COC(C)(C)OCC1=CC[C@H](C)[C@H]1CO. The molecule has 0 aromatic carbocycles. The van der Waals surface area contributed by atoms with E-state index in [-0.39, 0.29) is 12.5 Å². The summed E-state index contributed by atoms with van der Waals surface area (Å²) in [5.74, 6) is 0.240. The molecule has 0 saturated heterocycles. The van der Waals surface area contributed by atoms with E-state index < -0.39 is 5.79 Å². The molecule has 0 aromatic rings. The highest BCUT2D eigenvalue weighted by Gasteiger charge is 2.27. The van der Waals surface area contributed by atoms with E-state index in [2.05, 4.69) is 13.0 Å². The first kappa shape index (κ1) is 12.7. The van der Waals surface area contributed by atoms with Gasteiger partial charge in [0.15, 0.2) is 5.79 Å². The zero-order valence-electron chi connectivity index (χ0n) is 10.1. The van der Waals surface area contributed by atoms with Gasteiger partial charge in [-0.2, -0.15) is 0 Å². The maximum absolute atomic E-state index is 9.27. The summed E-state index contributed by atoms with van der Waals surface area (Å²) in [5.41, 5.74) is 1.20. The van der Waals surface area contributed by atoms with Crippen molar-refractivity contribution in [2.75, 3.05) is 20.3 Å². The van der Waals surface area contributed by atoms with Crippen molar-refractivity contribution in [3.63, 3.8) is 0 Å². The maximum Gasteiger partial charge on any atom is 0.162 e. The number of allylic oxidation sites excluding steroid dienone is 1. The van der Waals surface area contributed by atoms with Crippen LogP contribution in [0.1, 0.15) is 27.2 Å². The fourth-order valence-electron chi connectivity index (χ4n) is 1.80. The number of aliphatic hydroxyl groups excluding tert-OH is 1. The van der Waals surface area contributed by atoms with Gasteiger partial charge in [0.05, 0.1) is 6.61 Å². The van der Waals surface area contributed by atoms with Crippen LogP contribution in [0, 0.1) is 11.8 Å². The number of hydrogen-bond acceptors (Lipinski definition) is 3. The molecule has 1 aliphatic rings. The molecule has 0 radical (unpaired) electrons. The van der Waals surface area contributed by atoms with Gasteiger partial charge in [-0.15, -0.1) is 0 Å². The highest BCUT2D eigenvalue weighted by molar-refractivity contribution is 5.15. The molecule has 2 atom stereocenters. The molecule has 0 spiro atoms. The summed E-state index contributed by atoms with van der Waals surface area (Å²) in [5, 5.41) is 9.27. The fourth-order valence-corrected chi connectivity index (χ4v) is 1.80. The molecule has 0 saturated carbocycles. The molecule has 88 valence electrons. The van der Waals surface area contributed by atoms with Crippen LogP contribution in [-0.4, -0.2) is 31.2 Å². The van der Waals surface area contributed by atoms with Gasteiger partial charge in [0.25, 0.3) is 0 Å². The van der Waals surface area contributed by atoms with Crippen molar-refractivity contribution in [1.82, 2.24) is 0 Å². The summed E-state index contributed by atoms with van der Waals surface area (Å²) < 4.78 is 10.8. The van der Waals surface area contributed by atoms with Crippen molar-refractivity contribution in [3.8, 4) is 0 Å². The van der Waals surface area contributed by atoms with Gasteiger partial charge in [0.2, 0.25) is 0 Å². The Bertz CT molecular complexity index is 233. The summed E-state index contributed by atoms with van der Waals surface area (Å²) >= 11 is 0. The van der Waals surface area contributed by atoms with Crippen molar-refractivity contribution in [2.24, 2.45) is 11.8 Å². The van der Waals surface area contributed by atoms with Crippen LogP contribution in [0.2, 0.25) is 0 Å². The maximum atomic E-state index is 9.27. The molecule has 1 rings (SSSR count). The van der Waals surface area contributed by atoms with E-state index in [1.165, 1.54) is 5.57 Å². The fraction of sp³-hybridized carbons (Fsp3) is 0.833. The van der Waals surface area contributed by atoms with Crippen LogP contribution >= 0.6 is 0 Å². The topological polar surface area (TPSA) is 38.7 Å². The van der Waals surface area contributed by atoms with Crippen LogP contribution in [0.5, 0.6) is 0 Å². The smallest absolute Gasteiger partial charge is 0.162 e. The predicted octanol–water partition coefficient (Wildman–Crippen LogP) is 1.96. The average Bonchev–Trinajstić information content (AvgIpc) is 2.56. The second-order valence-corrected chi connectivity index (χ2v) is 4.67. The molecule has 0 aromatic heterocycles. The zero-order chi connectivity index (χ0) is 11.5. The number of methoxy groups -OCH3 is 1. The molecule has 0 bridgehead atoms. The summed E-state index contributed by atoms with van der Waals surface area (Å²) in [4.78, 5) is 0. The van der Waals surface area contributed by atoms with Crippen molar-refractivity contribution in [3.05, 3.63) is 11.6 Å². The quantitative estimate of drug-likeness (QED) is 0.561. The van der Waals surface area contributed by atoms with Crippen molar-refractivity contribution < 1.29 is 14.6 Å². The molecule has 1 N–H and O–H groups in total. The van der Waals surface area contributed by atoms with Crippen LogP contribution in [0.25, 0.3) is 0 Å². The lowest BCUT2D eigenvalue weighted by atomic mass is 9.94. The van der Waals surface area contributed by atoms with Gasteiger partial charge in [0.1, 0.15) is 0 Å². The molecular formula is C12H22O3. The molecular weight excluding hydrogens is 192 g/mol. The van der Waals surface area contributed by atoms with Crippen molar-refractivity contribution >= 4 is 0 Å². The third-order valence-corrected chi connectivity index (χ3v) is 3.19. The molecule has 0 unspecified atom stereocenters. The van der Waals surface area contributed by atoms with Gasteiger partial charge >= 0.3 is 0 Å². The minimum absolute atomic E-state index is 0.212. The summed E-state index contributed by atoms with van der Waals surface area (Å²) in [7, 11) is 1.63. The Morgan fingerprint density at radius 2 is 2.20 bits per heavy atom. The molecule has 0 heterocycles. The number of aliphatic hydroxyl groups is 1. The van der Waals surface area contributed by atoms with Gasteiger partial charge < -0.3 is 14.6 Å². The van der Waals surface area contributed by atoms with Crippen LogP contribution < -0.4 is 0 Å². The molecule has 0 fully saturated rings. The monoisotopic (exact) mass is 214 g/mol. The van der Waals surface area contributed by atoms with Crippen molar-refractivity contribution in [1.29, 1.82) is 0 Å². The minimum atomic E-state index is -0.549. The van der Waals surface area contributed by atoms with Crippen LogP contribution in [0.3, 0.4) is 0 Å². The molecule has 0 amide bonds. The van der Waals surface area contributed by atoms with Gasteiger partial charge in [-0.3, -0.25) is 0 Å². The van der Waals surface area contributed by atoms with E-state index in [0.29, 0.717) is 12.5 Å².